The third kappa shape index (κ3) is 1.20. The first-order valence-electron chi connectivity index (χ1n) is 4.10. The van der Waals surface area contributed by atoms with Gasteiger partial charge in [0.15, 0.2) is 0 Å². The van der Waals surface area contributed by atoms with Gasteiger partial charge < -0.3 is 0 Å². The molecule has 1 aromatic rings. The van der Waals surface area contributed by atoms with E-state index in [9.17, 15) is 0 Å². The smallest absolute Gasteiger partial charge is 0.0774 e. The molecule has 1 aliphatic rings. The van der Waals surface area contributed by atoms with Gasteiger partial charge in [0.1, 0.15) is 0 Å². The van der Waals surface area contributed by atoms with Gasteiger partial charge in [-0.15, -0.1) is 0 Å². The van der Waals surface area contributed by atoms with Crippen molar-refractivity contribution in [2.75, 3.05) is 0 Å². The number of thiocarbonyl (C=S) groups is 1. The van der Waals surface area contributed by atoms with Crippen molar-refractivity contribution in [3.63, 3.8) is 0 Å². The average molecular weight is 175 g/mol. The molecular formula is C10H9NS. The Hall–Kier alpha value is -0.980. The summed E-state index contributed by atoms with van der Waals surface area (Å²) in [6, 6.07) is 6.21. The lowest BCUT2D eigenvalue weighted by molar-refractivity contribution is 0.912. The number of rotatable bonds is 1. The van der Waals surface area contributed by atoms with Crippen LogP contribution in [0.15, 0.2) is 23.2 Å². The molecule has 1 aliphatic carbocycles. The normalized spacial score (nSPS) is 13.7. The Labute approximate surface area is 77.1 Å². The van der Waals surface area contributed by atoms with E-state index in [1.807, 2.05) is 12.1 Å². The minimum Gasteiger partial charge on any atom is -0.194 e. The first kappa shape index (κ1) is 7.66. The van der Waals surface area contributed by atoms with Crippen molar-refractivity contribution in [1.82, 2.24) is 0 Å². The highest BCUT2D eigenvalue weighted by Crippen LogP contribution is 2.30. The van der Waals surface area contributed by atoms with Gasteiger partial charge >= 0.3 is 0 Å². The lowest BCUT2D eigenvalue weighted by atomic mass is 10.1. The molecule has 0 spiro atoms. The molecule has 0 saturated heterocycles. The van der Waals surface area contributed by atoms with Gasteiger partial charge in [0, 0.05) is 0 Å². The fourth-order valence-electron chi connectivity index (χ4n) is 1.75. The number of aryl methyl sites for hydroxylation is 1. The number of hydrogen-bond acceptors (Lipinski definition) is 2. The molecule has 0 N–H and O–H groups in total. The van der Waals surface area contributed by atoms with Crippen molar-refractivity contribution < 1.29 is 0 Å². The first-order chi connectivity index (χ1) is 5.92. The van der Waals surface area contributed by atoms with Gasteiger partial charge in [-0.3, -0.25) is 0 Å². The van der Waals surface area contributed by atoms with Crippen molar-refractivity contribution in [2.24, 2.45) is 4.99 Å². The van der Waals surface area contributed by atoms with Crippen LogP contribution in [-0.2, 0) is 12.8 Å². The summed E-state index contributed by atoms with van der Waals surface area (Å²) in [5, 5.41) is 2.42. The minimum atomic E-state index is 1.01. The molecule has 0 aromatic heterocycles. The summed E-state index contributed by atoms with van der Waals surface area (Å²) in [6.45, 7) is 0. The van der Waals surface area contributed by atoms with E-state index in [0.29, 0.717) is 0 Å². The summed E-state index contributed by atoms with van der Waals surface area (Å²) >= 11 is 4.59. The Balaban J connectivity index is 2.56. The lowest BCUT2D eigenvalue weighted by Crippen LogP contribution is -1.80. The molecule has 0 amide bonds. The molecule has 2 rings (SSSR count). The predicted molar refractivity (Wildman–Crippen MR) is 53.2 cm³/mol. The van der Waals surface area contributed by atoms with E-state index >= 15 is 0 Å². The molecule has 1 aromatic carbocycles. The fraction of sp³-hybridized carbons (Fsp3) is 0.300. The number of isothiocyanates is 1. The predicted octanol–water partition coefficient (Wildman–Crippen LogP) is 2.91. The van der Waals surface area contributed by atoms with Crippen molar-refractivity contribution in [3.8, 4) is 0 Å². The van der Waals surface area contributed by atoms with Crippen LogP contribution < -0.4 is 0 Å². The molecule has 12 heavy (non-hydrogen) atoms. The molecular weight excluding hydrogens is 166 g/mol. The third-order valence-electron chi connectivity index (χ3n) is 2.29. The highest BCUT2D eigenvalue weighted by Gasteiger charge is 2.13. The van der Waals surface area contributed by atoms with Crippen LogP contribution in [0.3, 0.4) is 0 Å². The van der Waals surface area contributed by atoms with E-state index < -0.39 is 0 Å². The van der Waals surface area contributed by atoms with E-state index in [1.54, 1.807) is 0 Å². The topological polar surface area (TPSA) is 12.4 Å². The van der Waals surface area contributed by atoms with Gasteiger partial charge in [0.05, 0.1) is 10.8 Å². The summed E-state index contributed by atoms with van der Waals surface area (Å²) in [5.41, 5.74) is 3.82. The van der Waals surface area contributed by atoms with Crippen LogP contribution in [0, 0.1) is 0 Å². The Morgan fingerprint density at radius 1 is 1.33 bits per heavy atom. The summed E-state index contributed by atoms with van der Waals surface area (Å²) in [6.07, 6.45) is 3.58. The molecule has 2 heteroatoms. The summed E-state index contributed by atoms with van der Waals surface area (Å²) < 4.78 is 0. The maximum absolute atomic E-state index is 4.59. The molecule has 0 fully saturated rings. The van der Waals surface area contributed by atoms with Gasteiger partial charge in [-0.05, 0) is 48.7 Å². The Kier molecular flexibility index (Phi) is 2.03. The molecule has 0 bridgehead atoms. The minimum absolute atomic E-state index is 1.01. The van der Waals surface area contributed by atoms with E-state index in [0.717, 1.165) is 12.1 Å². The number of fused-ring (bicyclic) bond motifs is 1. The molecule has 0 heterocycles. The summed E-state index contributed by atoms with van der Waals surface area (Å²) in [4.78, 5) is 4.04. The average Bonchev–Trinajstić information content (AvgIpc) is 2.53. The highest BCUT2D eigenvalue weighted by molar-refractivity contribution is 7.78. The highest BCUT2D eigenvalue weighted by atomic mass is 32.1. The summed E-state index contributed by atoms with van der Waals surface area (Å²) in [7, 11) is 0. The number of nitrogens with zero attached hydrogens (tertiary/aromatic N) is 1. The fourth-order valence-corrected chi connectivity index (χ4v) is 1.85. The van der Waals surface area contributed by atoms with Crippen LogP contribution in [0.1, 0.15) is 17.5 Å². The van der Waals surface area contributed by atoms with Gasteiger partial charge in [-0.2, -0.15) is 4.99 Å². The second-order valence-corrected chi connectivity index (χ2v) is 3.15. The van der Waals surface area contributed by atoms with Crippen LogP contribution in [-0.4, -0.2) is 5.16 Å². The molecule has 0 aliphatic heterocycles. The van der Waals surface area contributed by atoms with E-state index in [1.165, 1.54) is 24.0 Å². The number of hydrogen-bond donors (Lipinski definition) is 0. The Bertz CT molecular complexity index is 351. The quantitative estimate of drug-likeness (QED) is 0.472. The van der Waals surface area contributed by atoms with Crippen LogP contribution in [0.25, 0.3) is 0 Å². The zero-order valence-electron chi connectivity index (χ0n) is 6.71. The van der Waals surface area contributed by atoms with Gasteiger partial charge in [-0.1, -0.05) is 12.1 Å². The van der Waals surface area contributed by atoms with Gasteiger partial charge in [0.25, 0.3) is 0 Å². The number of aliphatic imine (C=N–C) groups is 1. The third-order valence-corrected chi connectivity index (χ3v) is 2.38. The molecule has 0 saturated carbocycles. The first-order valence-corrected chi connectivity index (χ1v) is 4.51. The zero-order valence-corrected chi connectivity index (χ0v) is 7.53. The maximum atomic E-state index is 4.59. The second-order valence-electron chi connectivity index (χ2n) is 2.97. The van der Waals surface area contributed by atoms with Crippen molar-refractivity contribution in [3.05, 3.63) is 29.3 Å². The second kappa shape index (κ2) is 3.18. The van der Waals surface area contributed by atoms with Crippen molar-refractivity contribution >= 4 is 23.1 Å². The van der Waals surface area contributed by atoms with Crippen molar-refractivity contribution in [2.45, 2.75) is 19.3 Å². The Morgan fingerprint density at radius 3 is 3.08 bits per heavy atom. The number of benzene rings is 1. The molecule has 0 radical (unpaired) electrons. The maximum Gasteiger partial charge on any atom is 0.0774 e. The van der Waals surface area contributed by atoms with Crippen LogP contribution in [0.5, 0.6) is 0 Å². The summed E-state index contributed by atoms with van der Waals surface area (Å²) in [5.74, 6) is 0. The SMILES string of the molecule is S=C=Nc1cccc2c1CCC2. The zero-order chi connectivity index (χ0) is 8.39. The molecule has 60 valence electrons. The van der Waals surface area contributed by atoms with E-state index in [2.05, 4.69) is 28.4 Å². The van der Waals surface area contributed by atoms with Gasteiger partial charge in [0.2, 0.25) is 0 Å². The van der Waals surface area contributed by atoms with E-state index in [4.69, 9.17) is 0 Å². The van der Waals surface area contributed by atoms with Gasteiger partial charge in [-0.25, -0.2) is 0 Å². The standard InChI is InChI=1S/C10H9NS/c12-7-11-10-6-2-4-8-3-1-5-9(8)10/h2,4,6H,1,3,5H2. The van der Waals surface area contributed by atoms with Crippen LogP contribution in [0.4, 0.5) is 5.69 Å². The van der Waals surface area contributed by atoms with E-state index in [-0.39, 0.29) is 0 Å². The lowest BCUT2D eigenvalue weighted by Gasteiger charge is -2.00. The molecule has 0 unspecified atom stereocenters. The molecule has 1 nitrogen and oxygen atoms in total. The Morgan fingerprint density at radius 2 is 2.25 bits per heavy atom. The van der Waals surface area contributed by atoms with Crippen LogP contribution in [0.2, 0.25) is 0 Å². The largest absolute Gasteiger partial charge is 0.194 e. The monoisotopic (exact) mass is 175 g/mol. The molecule has 0 atom stereocenters. The van der Waals surface area contributed by atoms with Crippen molar-refractivity contribution in [1.29, 1.82) is 0 Å². The van der Waals surface area contributed by atoms with Crippen LogP contribution >= 0.6 is 12.2 Å².